The Bertz CT molecular complexity index is 320. The summed E-state index contributed by atoms with van der Waals surface area (Å²) in [6, 6.07) is 0. The number of aliphatic carboxylic acids is 1. The first-order valence-corrected chi connectivity index (χ1v) is 5.85. The van der Waals surface area contributed by atoms with Gasteiger partial charge in [-0.1, -0.05) is 5.57 Å². The Morgan fingerprint density at radius 3 is 2.41 bits per heavy atom. The summed E-state index contributed by atoms with van der Waals surface area (Å²) >= 11 is 0. The molecule has 5 heteroatoms. The van der Waals surface area contributed by atoms with Crippen LogP contribution in [0, 0.1) is 0 Å². The van der Waals surface area contributed by atoms with E-state index in [9.17, 15) is 9.59 Å². The standard InChI is InChI=1S/C12H20N2O3/c1-10(7-12(16)17)8-13(2)9-11(15)14-5-3-4-6-14/h7H,3-6,8-9H2,1-2H3,(H,16,17)/b10-7+. The maximum atomic E-state index is 11.8. The number of likely N-dealkylation sites (tertiary alicyclic amines) is 1. The fourth-order valence-corrected chi connectivity index (χ4v) is 2.04. The minimum absolute atomic E-state index is 0.133. The van der Waals surface area contributed by atoms with E-state index in [0.717, 1.165) is 31.5 Å². The van der Waals surface area contributed by atoms with Crippen molar-refractivity contribution in [1.29, 1.82) is 0 Å². The topological polar surface area (TPSA) is 60.9 Å². The first kappa shape index (κ1) is 13.7. The second-order valence-electron chi connectivity index (χ2n) is 4.59. The monoisotopic (exact) mass is 240 g/mol. The Hall–Kier alpha value is -1.36. The Kier molecular flexibility index (Phi) is 5.15. The molecule has 0 bridgehead atoms. The number of hydrogen-bond donors (Lipinski definition) is 1. The number of carboxylic acid groups (broad SMARTS) is 1. The fourth-order valence-electron chi connectivity index (χ4n) is 2.04. The molecule has 1 N–H and O–H groups in total. The van der Waals surface area contributed by atoms with E-state index < -0.39 is 5.97 Å². The molecule has 1 saturated heterocycles. The smallest absolute Gasteiger partial charge is 0.328 e. The minimum atomic E-state index is -0.943. The molecule has 0 spiro atoms. The van der Waals surface area contributed by atoms with Crippen molar-refractivity contribution in [2.45, 2.75) is 19.8 Å². The van der Waals surface area contributed by atoms with Crippen LogP contribution in [0.1, 0.15) is 19.8 Å². The van der Waals surface area contributed by atoms with Crippen LogP contribution in [0.4, 0.5) is 0 Å². The summed E-state index contributed by atoms with van der Waals surface area (Å²) in [5.41, 5.74) is 0.745. The van der Waals surface area contributed by atoms with E-state index in [0.29, 0.717) is 13.1 Å². The predicted octanol–water partition coefficient (Wildman–Crippen LogP) is 0.572. The number of rotatable bonds is 5. The van der Waals surface area contributed by atoms with Gasteiger partial charge in [-0.25, -0.2) is 4.79 Å². The molecule has 5 nitrogen and oxygen atoms in total. The van der Waals surface area contributed by atoms with Crippen LogP contribution in [0.3, 0.4) is 0 Å². The van der Waals surface area contributed by atoms with E-state index in [-0.39, 0.29) is 5.91 Å². The molecule has 1 aliphatic rings. The fraction of sp³-hybridized carbons (Fsp3) is 0.667. The third kappa shape index (κ3) is 4.99. The molecule has 17 heavy (non-hydrogen) atoms. The van der Waals surface area contributed by atoms with Gasteiger partial charge in [0.15, 0.2) is 0 Å². The molecule has 1 fully saturated rings. The highest BCUT2D eigenvalue weighted by Crippen LogP contribution is 2.08. The average molecular weight is 240 g/mol. The van der Waals surface area contributed by atoms with Crippen molar-refractivity contribution >= 4 is 11.9 Å². The van der Waals surface area contributed by atoms with Crippen LogP contribution in [0.2, 0.25) is 0 Å². The SMILES string of the molecule is C/C(=C\C(=O)O)CN(C)CC(=O)N1CCCC1. The Morgan fingerprint density at radius 2 is 1.88 bits per heavy atom. The van der Waals surface area contributed by atoms with Crippen molar-refractivity contribution in [2.24, 2.45) is 0 Å². The largest absolute Gasteiger partial charge is 0.478 e. The number of hydrogen-bond acceptors (Lipinski definition) is 3. The molecule has 0 aliphatic carbocycles. The number of carboxylic acids is 1. The summed E-state index contributed by atoms with van der Waals surface area (Å²) < 4.78 is 0. The van der Waals surface area contributed by atoms with Gasteiger partial charge >= 0.3 is 5.97 Å². The third-order valence-electron chi connectivity index (χ3n) is 2.75. The van der Waals surface area contributed by atoms with E-state index in [1.165, 1.54) is 6.08 Å². The quantitative estimate of drug-likeness (QED) is 0.714. The highest BCUT2D eigenvalue weighted by molar-refractivity contribution is 5.80. The third-order valence-corrected chi connectivity index (χ3v) is 2.75. The van der Waals surface area contributed by atoms with Crippen LogP contribution in [-0.4, -0.2) is 60.0 Å². The zero-order chi connectivity index (χ0) is 12.8. The van der Waals surface area contributed by atoms with Gasteiger partial charge in [-0.15, -0.1) is 0 Å². The van der Waals surface area contributed by atoms with E-state index in [2.05, 4.69) is 0 Å². The molecule has 0 radical (unpaired) electrons. The molecule has 0 aromatic rings. The summed E-state index contributed by atoms with van der Waals surface area (Å²) in [6.07, 6.45) is 3.36. The van der Waals surface area contributed by atoms with Crippen molar-refractivity contribution in [1.82, 2.24) is 9.80 Å². The van der Waals surface area contributed by atoms with Gasteiger partial charge in [-0.3, -0.25) is 9.69 Å². The Labute approximate surface area is 102 Å². The van der Waals surface area contributed by atoms with Gasteiger partial charge in [-0.2, -0.15) is 0 Å². The Balaban J connectivity index is 2.35. The maximum absolute atomic E-state index is 11.8. The molecule has 96 valence electrons. The van der Waals surface area contributed by atoms with Gasteiger partial charge in [0.2, 0.25) is 5.91 Å². The molecule has 1 heterocycles. The van der Waals surface area contributed by atoms with Gasteiger partial charge < -0.3 is 10.0 Å². The molecule has 0 aromatic carbocycles. The summed E-state index contributed by atoms with van der Waals surface area (Å²) in [6.45, 7) is 4.33. The summed E-state index contributed by atoms with van der Waals surface area (Å²) in [5.74, 6) is -0.810. The van der Waals surface area contributed by atoms with E-state index in [1.807, 2.05) is 16.8 Å². The first-order valence-electron chi connectivity index (χ1n) is 5.85. The number of amides is 1. The lowest BCUT2D eigenvalue weighted by Crippen LogP contribution is -2.37. The van der Waals surface area contributed by atoms with Crippen molar-refractivity contribution in [3.63, 3.8) is 0 Å². The number of likely N-dealkylation sites (N-methyl/N-ethyl adjacent to an activating group) is 1. The zero-order valence-electron chi connectivity index (χ0n) is 10.5. The molecular formula is C12H20N2O3. The van der Waals surface area contributed by atoms with Gasteiger partial charge in [-0.05, 0) is 26.8 Å². The van der Waals surface area contributed by atoms with Crippen LogP contribution in [0.5, 0.6) is 0 Å². The van der Waals surface area contributed by atoms with Crippen LogP contribution in [0.15, 0.2) is 11.6 Å². The van der Waals surface area contributed by atoms with Crippen LogP contribution in [-0.2, 0) is 9.59 Å². The number of nitrogens with zero attached hydrogens (tertiary/aromatic N) is 2. The lowest BCUT2D eigenvalue weighted by Gasteiger charge is -2.21. The maximum Gasteiger partial charge on any atom is 0.328 e. The summed E-state index contributed by atoms with van der Waals surface area (Å²) in [4.78, 5) is 26.0. The first-order chi connectivity index (χ1) is 7.99. The van der Waals surface area contributed by atoms with Crippen molar-refractivity contribution in [3.05, 3.63) is 11.6 Å². The number of carbonyl (C=O) groups is 2. The highest BCUT2D eigenvalue weighted by Gasteiger charge is 2.18. The van der Waals surface area contributed by atoms with Crippen LogP contribution in [0.25, 0.3) is 0 Å². The van der Waals surface area contributed by atoms with Gasteiger partial charge in [0.05, 0.1) is 6.54 Å². The molecule has 1 rings (SSSR count). The van der Waals surface area contributed by atoms with E-state index in [4.69, 9.17) is 5.11 Å². The highest BCUT2D eigenvalue weighted by atomic mass is 16.4. The van der Waals surface area contributed by atoms with E-state index >= 15 is 0 Å². The summed E-state index contributed by atoms with van der Waals surface area (Å²) in [7, 11) is 1.83. The van der Waals surface area contributed by atoms with Crippen molar-refractivity contribution in [2.75, 3.05) is 33.2 Å². The normalized spacial score (nSPS) is 16.6. The Morgan fingerprint density at radius 1 is 1.29 bits per heavy atom. The van der Waals surface area contributed by atoms with Gasteiger partial charge in [0.25, 0.3) is 0 Å². The molecule has 0 saturated carbocycles. The molecule has 0 unspecified atom stereocenters. The van der Waals surface area contributed by atoms with Gasteiger partial charge in [0.1, 0.15) is 0 Å². The second-order valence-corrected chi connectivity index (χ2v) is 4.59. The summed E-state index contributed by atoms with van der Waals surface area (Å²) in [5, 5.41) is 8.58. The molecule has 1 aliphatic heterocycles. The van der Waals surface area contributed by atoms with Crippen LogP contribution >= 0.6 is 0 Å². The second kappa shape index (κ2) is 6.39. The predicted molar refractivity (Wildman–Crippen MR) is 64.7 cm³/mol. The average Bonchev–Trinajstić information content (AvgIpc) is 2.67. The number of carbonyl (C=O) groups excluding carboxylic acids is 1. The lowest BCUT2D eigenvalue weighted by molar-refractivity contribution is -0.131. The molecular weight excluding hydrogens is 220 g/mol. The van der Waals surface area contributed by atoms with Crippen molar-refractivity contribution < 1.29 is 14.7 Å². The zero-order valence-corrected chi connectivity index (χ0v) is 10.5. The van der Waals surface area contributed by atoms with E-state index in [1.54, 1.807) is 6.92 Å². The molecule has 1 amide bonds. The molecule has 0 aromatic heterocycles. The van der Waals surface area contributed by atoms with Gasteiger partial charge in [0, 0.05) is 25.7 Å². The van der Waals surface area contributed by atoms with Crippen LogP contribution < -0.4 is 0 Å². The molecule has 0 atom stereocenters. The van der Waals surface area contributed by atoms with Crippen molar-refractivity contribution in [3.8, 4) is 0 Å². The minimum Gasteiger partial charge on any atom is -0.478 e. The lowest BCUT2D eigenvalue weighted by atomic mass is 10.2.